The Labute approximate surface area is 173 Å². The fraction of sp³-hybridized carbons (Fsp3) is 0.333. The number of alkyl halides is 6. The third-order valence-electron chi connectivity index (χ3n) is 4.89. The second kappa shape index (κ2) is 7.58. The van der Waals surface area contributed by atoms with Crippen molar-refractivity contribution in [2.24, 2.45) is 0 Å². The number of nitrogens with zero attached hydrogens (tertiary/aromatic N) is 1. The Morgan fingerprint density at radius 2 is 1.81 bits per heavy atom. The summed E-state index contributed by atoms with van der Waals surface area (Å²) in [5.74, 6) is -0.459. The van der Waals surface area contributed by atoms with Gasteiger partial charge in [0.25, 0.3) is 0 Å². The fourth-order valence-electron chi connectivity index (χ4n) is 3.13. The zero-order valence-electron chi connectivity index (χ0n) is 16.4. The average molecular weight is 445 g/mol. The maximum Gasteiger partial charge on any atom is 0.417 e. The maximum absolute atomic E-state index is 13.3. The first-order valence-electron chi connectivity index (χ1n) is 8.98. The number of fused-ring (bicyclic) bond motifs is 1. The number of ether oxygens (including phenoxy) is 2. The van der Waals surface area contributed by atoms with Gasteiger partial charge in [-0.3, -0.25) is 4.79 Å². The van der Waals surface area contributed by atoms with Crippen molar-refractivity contribution < 1.29 is 40.6 Å². The third-order valence-corrected chi connectivity index (χ3v) is 4.89. The van der Waals surface area contributed by atoms with Crippen LogP contribution in [-0.4, -0.2) is 30.3 Å². The number of benzene rings is 1. The van der Waals surface area contributed by atoms with Crippen molar-refractivity contribution in [3.63, 3.8) is 0 Å². The van der Waals surface area contributed by atoms with E-state index in [4.69, 9.17) is 9.47 Å². The van der Waals surface area contributed by atoms with Gasteiger partial charge in [0, 0.05) is 18.1 Å². The minimum atomic E-state index is -4.77. The highest BCUT2D eigenvalue weighted by Crippen LogP contribution is 2.46. The second-order valence-electron chi connectivity index (χ2n) is 7.41. The monoisotopic (exact) mass is 445 g/mol. The first kappa shape index (κ1) is 22.6. The van der Waals surface area contributed by atoms with Crippen molar-refractivity contribution in [1.82, 2.24) is 4.98 Å². The van der Waals surface area contributed by atoms with Crippen molar-refractivity contribution in [2.75, 3.05) is 13.2 Å². The predicted molar refractivity (Wildman–Crippen MR) is 99.2 cm³/mol. The van der Waals surface area contributed by atoms with Gasteiger partial charge in [-0.05, 0) is 25.1 Å². The number of rotatable bonds is 4. The molecule has 0 N–H and O–H groups in total. The van der Waals surface area contributed by atoms with Crippen LogP contribution >= 0.6 is 0 Å². The van der Waals surface area contributed by atoms with Crippen LogP contribution in [0.5, 0.6) is 5.75 Å². The van der Waals surface area contributed by atoms with E-state index in [1.807, 2.05) is 0 Å². The quantitative estimate of drug-likeness (QED) is 0.457. The van der Waals surface area contributed by atoms with E-state index in [9.17, 15) is 31.1 Å². The van der Waals surface area contributed by atoms with E-state index in [0.29, 0.717) is 5.56 Å². The van der Waals surface area contributed by atoms with Crippen molar-refractivity contribution >= 4 is 11.5 Å². The van der Waals surface area contributed by atoms with E-state index in [1.165, 1.54) is 6.92 Å². The lowest BCUT2D eigenvalue weighted by Gasteiger charge is -2.23. The summed E-state index contributed by atoms with van der Waals surface area (Å²) in [7, 11) is 0. The van der Waals surface area contributed by atoms with Gasteiger partial charge in [0.2, 0.25) is 0 Å². The molecular weight excluding hydrogens is 428 g/mol. The lowest BCUT2D eigenvalue weighted by molar-refractivity contribution is -0.143. The molecule has 0 amide bonds. The molecule has 2 aromatic rings. The number of hydrogen-bond acceptors (Lipinski definition) is 4. The second-order valence-corrected chi connectivity index (χ2v) is 7.41. The van der Waals surface area contributed by atoms with Crippen molar-refractivity contribution in [1.29, 1.82) is 0 Å². The number of halogens is 6. The Hall–Kier alpha value is -3.04. The number of hydrogen-bond donors (Lipinski definition) is 0. The molecule has 1 aliphatic rings. The Kier molecular flexibility index (Phi) is 5.54. The van der Waals surface area contributed by atoms with E-state index in [2.05, 4.69) is 11.6 Å². The SMILES string of the molecule is C=C(c1cc2c(c(-c3ccc(C(F)(F)F)cc3)n1)OCC2(C)COC(C)=O)C(F)(F)F. The molecule has 31 heavy (non-hydrogen) atoms. The topological polar surface area (TPSA) is 48.4 Å². The van der Waals surface area contributed by atoms with Crippen molar-refractivity contribution in [3.05, 3.63) is 53.7 Å². The normalized spacial score (nSPS) is 18.3. The maximum atomic E-state index is 13.3. The van der Waals surface area contributed by atoms with Gasteiger partial charge in [0.15, 0.2) is 0 Å². The number of carbonyl (C=O) groups excluding carboxylic acids is 1. The van der Waals surface area contributed by atoms with Gasteiger partial charge in [0.05, 0.1) is 22.2 Å². The van der Waals surface area contributed by atoms with Gasteiger partial charge in [0.1, 0.15) is 24.7 Å². The molecule has 0 radical (unpaired) electrons. The minimum Gasteiger partial charge on any atom is -0.490 e. The van der Waals surface area contributed by atoms with Crippen LogP contribution < -0.4 is 4.74 Å². The molecule has 1 aliphatic heterocycles. The molecule has 1 unspecified atom stereocenters. The summed E-state index contributed by atoms with van der Waals surface area (Å²) in [4.78, 5) is 15.2. The first-order valence-corrected chi connectivity index (χ1v) is 8.98. The lowest BCUT2D eigenvalue weighted by atomic mass is 9.84. The fourth-order valence-corrected chi connectivity index (χ4v) is 3.13. The molecule has 10 heteroatoms. The van der Waals surface area contributed by atoms with Gasteiger partial charge < -0.3 is 9.47 Å². The molecule has 0 saturated heterocycles. The molecule has 4 nitrogen and oxygen atoms in total. The highest BCUT2D eigenvalue weighted by atomic mass is 19.4. The summed E-state index contributed by atoms with van der Waals surface area (Å²) in [6.45, 7) is 5.71. The molecule has 0 fully saturated rings. The van der Waals surface area contributed by atoms with Crippen molar-refractivity contribution in [3.8, 4) is 17.0 Å². The molecule has 3 rings (SSSR count). The molecule has 0 bridgehead atoms. The van der Waals surface area contributed by atoms with E-state index < -0.39 is 40.6 Å². The lowest BCUT2D eigenvalue weighted by Crippen LogP contribution is -2.31. The van der Waals surface area contributed by atoms with E-state index in [0.717, 1.165) is 30.3 Å². The van der Waals surface area contributed by atoms with Gasteiger partial charge in [-0.25, -0.2) is 4.98 Å². The molecule has 0 saturated carbocycles. The smallest absolute Gasteiger partial charge is 0.417 e. The number of esters is 1. The van der Waals surface area contributed by atoms with E-state index >= 15 is 0 Å². The Morgan fingerprint density at radius 1 is 1.19 bits per heavy atom. The summed E-state index contributed by atoms with van der Waals surface area (Å²) in [6, 6.07) is 4.99. The molecule has 0 spiro atoms. The van der Waals surface area contributed by atoms with Gasteiger partial charge in [-0.1, -0.05) is 18.7 Å². The standard InChI is InChI=1S/C21H17F6NO3/c1-11(20(22,23)24)16-8-15-18(31-10-19(15,3)9-30-12(2)29)17(28-16)13-4-6-14(7-5-13)21(25,26)27/h4-8H,1,9-10H2,2-3H3. The molecular formula is C21H17F6NO3. The summed E-state index contributed by atoms with van der Waals surface area (Å²) >= 11 is 0. The predicted octanol–water partition coefficient (Wildman–Crippen LogP) is 5.56. The molecule has 1 atom stereocenters. The zero-order chi connectivity index (χ0) is 23.2. The zero-order valence-corrected chi connectivity index (χ0v) is 16.4. The average Bonchev–Trinajstić information content (AvgIpc) is 3.01. The van der Waals surface area contributed by atoms with Gasteiger partial charge in [-0.15, -0.1) is 0 Å². The number of carbonyl (C=O) groups is 1. The molecule has 0 aliphatic carbocycles. The van der Waals surface area contributed by atoms with Crippen LogP contribution in [0.4, 0.5) is 26.3 Å². The highest BCUT2D eigenvalue weighted by molar-refractivity contribution is 5.76. The molecule has 2 heterocycles. The van der Waals surface area contributed by atoms with Crippen LogP contribution in [0.15, 0.2) is 36.9 Å². The number of aromatic nitrogens is 1. The Morgan fingerprint density at radius 3 is 2.32 bits per heavy atom. The van der Waals surface area contributed by atoms with Gasteiger partial charge >= 0.3 is 18.3 Å². The van der Waals surface area contributed by atoms with Gasteiger partial charge in [-0.2, -0.15) is 26.3 Å². The summed E-state index contributed by atoms with van der Waals surface area (Å²) < 4.78 is 89.2. The number of pyridine rings is 1. The van der Waals surface area contributed by atoms with Crippen molar-refractivity contribution in [2.45, 2.75) is 31.6 Å². The Bertz CT molecular complexity index is 1030. The van der Waals surface area contributed by atoms with Crippen LogP contribution in [-0.2, 0) is 21.1 Å². The summed E-state index contributed by atoms with van der Waals surface area (Å²) in [6.07, 6.45) is -9.34. The molecule has 1 aromatic heterocycles. The first-order chi connectivity index (χ1) is 14.2. The molecule has 1 aromatic carbocycles. The largest absolute Gasteiger partial charge is 0.490 e. The summed E-state index contributed by atoms with van der Waals surface area (Å²) in [5.41, 5.74) is -3.24. The number of allylic oxidation sites excluding steroid dienone is 1. The summed E-state index contributed by atoms with van der Waals surface area (Å²) in [5, 5.41) is 0. The third kappa shape index (κ3) is 4.52. The van der Waals surface area contributed by atoms with E-state index in [-0.39, 0.29) is 30.2 Å². The van der Waals surface area contributed by atoms with Crippen LogP contribution in [0.25, 0.3) is 16.8 Å². The van der Waals surface area contributed by atoms with E-state index in [1.54, 1.807) is 6.92 Å². The van der Waals surface area contributed by atoms with Crippen LogP contribution in [0.3, 0.4) is 0 Å². The highest BCUT2D eigenvalue weighted by Gasteiger charge is 2.42. The minimum absolute atomic E-state index is 0.0210. The van der Waals surface area contributed by atoms with Crippen LogP contribution in [0, 0.1) is 0 Å². The Balaban J connectivity index is 2.16. The van der Waals surface area contributed by atoms with Crippen LogP contribution in [0.1, 0.15) is 30.7 Å². The van der Waals surface area contributed by atoms with Crippen LogP contribution in [0.2, 0.25) is 0 Å². The molecule has 166 valence electrons.